The third kappa shape index (κ3) is 7.83. The van der Waals surface area contributed by atoms with E-state index in [0.29, 0.717) is 5.82 Å². The van der Waals surface area contributed by atoms with Crippen LogP contribution >= 0.6 is 0 Å². The molecule has 11 rings (SSSR count). The molecular weight excluding hydrogens is 979 g/mol. The quantitative estimate of drug-likeness (QED) is 0.142. The number of furan rings is 1. The zero-order chi connectivity index (χ0) is 40.5. The Morgan fingerprint density at radius 1 is 0.306 bits per heavy atom. The van der Waals surface area contributed by atoms with Crippen LogP contribution in [-0.2, 0) is 0 Å². The van der Waals surface area contributed by atoms with Crippen LogP contribution in [0.5, 0.6) is 0 Å². The molecule has 0 N–H and O–H groups in total. The van der Waals surface area contributed by atoms with E-state index in [9.17, 15) is 0 Å². The number of rotatable bonds is 8. The summed E-state index contributed by atoms with van der Waals surface area (Å²) in [4.78, 5) is 10.5. The van der Waals surface area contributed by atoms with Gasteiger partial charge < -0.3 is 4.42 Å². The molecule has 2 aromatic heterocycles. The third-order valence-corrected chi connectivity index (χ3v) is 11.3. The average Bonchev–Trinajstić information content (AvgIpc) is 3.73. The maximum absolute atomic E-state index is 6.23. The van der Waals surface area contributed by atoms with Gasteiger partial charge in [0.1, 0.15) is 11.2 Å². The van der Waals surface area contributed by atoms with Crippen molar-refractivity contribution in [1.82, 2.24) is 9.97 Å². The molecule has 0 aliphatic carbocycles. The van der Waals surface area contributed by atoms with Crippen LogP contribution in [-0.4, -0.2) is 9.97 Å². The number of nitrogens with zero attached hydrogens (tertiary/aromatic N) is 2. The molecule has 288 valence electrons. The van der Waals surface area contributed by atoms with E-state index in [1.54, 1.807) is 0 Å². The van der Waals surface area contributed by atoms with E-state index in [1.807, 2.05) is 54.6 Å². The first-order chi connectivity index (χ1) is 30.2. The zero-order valence-corrected chi connectivity index (χ0v) is 37.8. The molecule has 11 aromatic rings. The minimum Gasteiger partial charge on any atom is -0.456 e. The van der Waals surface area contributed by atoms with E-state index in [2.05, 4.69) is 176 Å². The van der Waals surface area contributed by atoms with Crippen molar-refractivity contribution in [3.63, 3.8) is 0 Å². The summed E-state index contributed by atoms with van der Waals surface area (Å²) in [7, 11) is 0. The molecule has 0 unspecified atom stereocenters. The van der Waals surface area contributed by atoms with E-state index in [4.69, 9.17) is 14.4 Å². The van der Waals surface area contributed by atoms with Gasteiger partial charge in [0.2, 0.25) is 0 Å². The number of benzene rings is 9. The van der Waals surface area contributed by atoms with Gasteiger partial charge in [-0.2, -0.15) is 42.5 Å². The summed E-state index contributed by atoms with van der Waals surface area (Å²) in [6.07, 6.45) is 0. The summed E-state index contributed by atoms with van der Waals surface area (Å²) in [6.45, 7) is 0. The van der Waals surface area contributed by atoms with Crippen LogP contribution in [0.4, 0.5) is 0 Å². The van der Waals surface area contributed by atoms with Crippen molar-refractivity contribution in [2.75, 3.05) is 0 Å². The molecule has 4 heteroatoms. The molecule has 0 atom stereocenters. The number of para-hydroxylation sites is 1. The fourth-order valence-electron chi connectivity index (χ4n) is 8.18. The molecule has 0 fully saturated rings. The van der Waals surface area contributed by atoms with Crippen LogP contribution in [0.25, 0.3) is 111 Å². The topological polar surface area (TPSA) is 38.9 Å². The Bertz CT molecular complexity index is 3340. The van der Waals surface area contributed by atoms with Gasteiger partial charge in [-0.1, -0.05) is 127 Å². The third-order valence-electron chi connectivity index (χ3n) is 11.3. The maximum Gasteiger partial charge on any atom is 2.00 e. The Morgan fingerprint density at radius 2 is 0.839 bits per heavy atom. The first kappa shape index (κ1) is 39.1. The SMILES string of the molecule is [U+2].[c-]1ccccc1-c1[c-]ccc(-c2cc(-c3ccc4oc5ccccc5c4c3)cc(-c3cc(-c4ccc(-c5cccc(-c6ccccc6)c5)cc4)nc(-c4ccccc4)n3)c2)c1. The standard InChI is InChI=1S/C58H36N2O.U/c1-4-14-39(15-5-1)44-20-12-22-46(32-44)41-26-28-42(29-27-41)54-38-55(60-58(59-54)43-18-8-3-9-19-43)51-35-49(47-23-13-21-45(33-47)40-16-6-2-7-17-40)34-50(36-51)48-30-31-57-53(37-48)52-24-10-11-25-56(52)61-57;/h1-16,18-20,22-38H;/q-2;+2. The van der Waals surface area contributed by atoms with Crippen molar-refractivity contribution in [1.29, 1.82) is 0 Å². The second kappa shape index (κ2) is 17.1. The van der Waals surface area contributed by atoms with Crippen molar-refractivity contribution in [2.45, 2.75) is 0 Å². The number of aromatic nitrogens is 2. The Labute approximate surface area is 384 Å². The van der Waals surface area contributed by atoms with Gasteiger partial charge in [0.25, 0.3) is 0 Å². The van der Waals surface area contributed by atoms with Gasteiger partial charge in [0, 0.05) is 27.5 Å². The van der Waals surface area contributed by atoms with Crippen molar-refractivity contribution in [3.05, 3.63) is 231 Å². The second-order valence-corrected chi connectivity index (χ2v) is 15.2. The fraction of sp³-hybridized carbons (Fsp3) is 0. The van der Waals surface area contributed by atoms with Gasteiger partial charge in [-0.25, -0.2) is 21.1 Å². The first-order valence-corrected chi connectivity index (χ1v) is 20.5. The molecule has 0 aliphatic heterocycles. The summed E-state index contributed by atoms with van der Waals surface area (Å²) in [5.41, 5.74) is 17.4. The van der Waals surface area contributed by atoms with E-state index < -0.39 is 0 Å². The molecule has 0 spiro atoms. The van der Waals surface area contributed by atoms with Gasteiger partial charge in [0.15, 0.2) is 5.82 Å². The normalized spacial score (nSPS) is 11.1. The van der Waals surface area contributed by atoms with E-state index in [0.717, 1.165) is 89.0 Å². The molecule has 2 heterocycles. The van der Waals surface area contributed by atoms with E-state index >= 15 is 0 Å². The molecule has 0 bridgehead atoms. The van der Waals surface area contributed by atoms with Crippen LogP contribution in [0, 0.1) is 43.2 Å². The predicted molar refractivity (Wildman–Crippen MR) is 250 cm³/mol. The summed E-state index contributed by atoms with van der Waals surface area (Å²) >= 11 is 0. The zero-order valence-electron chi connectivity index (χ0n) is 33.6. The molecule has 0 aliphatic rings. The van der Waals surface area contributed by atoms with E-state index in [1.165, 1.54) is 16.7 Å². The Morgan fingerprint density at radius 3 is 1.58 bits per heavy atom. The number of fused-ring (bicyclic) bond motifs is 3. The van der Waals surface area contributed by atoms with Gasteiger partial charge in [-0.3, -0.25) is 0 Å². The molecule has 62 heavy (non-hydrogen) atoms. The van der Waals surface area contributed by atoms with Crippen LogP contribution in [0.15, 0.2) is 223 Å². The molecule has 0 saturated carbocycles. The summed E-state index contributed by atoms with van der Waals surface area (Å²) < 4.78 is 6.23. The molecule has 0 saturated heterocycles. The van der Waals surface area contributed by atoms with E-state index in [-0.39, 0.29) is 31.1 Å². The van der Waals surface area contributed by atoms with Gasteiger partial charge >= 0.3 is 31.1 Å². The number of hydrogen-bond acceptors (Lipinski definition) is 3. The largest absolute Gasteiger partial charge is 2.00 e. The summed E-state index contributed by atoms with van der Waals surface area (Å²) in [5.74, 6) is 0.669. The van der Waals surface area contributed by atoms with Gasteiger partial charge in [-0.05, 0) is 87.5 Å². The smallest absolute Gasteiger partial charge is 0.456 e. The van der Waals surface area contributed by atoms with Crippen molar-refractivity contribution in [3.8, 4) is 89.5 Å². The Hall–Kier alpha value is -7.09. The summed E-state index contributed by atoms with van der Waals surface area (Å²) in [6, 6.07) is 82.9. The Kier molecular flexibility index (Phi) is 10.8. The molecule has 9 aromatic carbocycles. The minimum absolute atomic E-state index is 0. The molecular formula is C58H36N2OU. The second-order valence-electron chi connectivity index (χ2n) is 15.2. The Balaban J connectivity index is 0.00000458. The van der Waals surface area contributed by atoms with Crippen LogP contribution in [0.2, 0.25) is 0 Å². The molecule has 0 amide bonds. The number of hydrogen-bond donors (Lipinski definition) is 0. The van der Waals surface area contributed by atoms with Crippen LogP contribution in [0.3, 0.4) is 0 Å². The molecule has 0 radical (unpaired) electrons. The van der Waals surface area contributed by atoms with Crippen molar-refractivity contribution >= 4 is 21.9 Å². The summed E-state index contributed by atoms with van der Waals surface area (Å²) in [5, 5.41) is 2.18. The van der Waals surface area contributed by atoms with Crippen molar-refractivity contribution in [2.24, 2.45) is 0 Å². The monoisotopic (exact) mass is 1010 g/mol. The van der Waals surface area contributed by atoms with Crippen molar-refractivity contribution < 1.29 is 35.5 Å². The fourth-order valence-corrected chi connectivity index (χ4v) is 8.18. The predicted octanol–water partition coefficient (Wildman–Crippen LogP) is 15.3. The van der Waals surface area contributed by atoms with Gasteiger partial charge in [-0.15, -0.1) is 17.7 Å². The maximum atomic E-state index is 6.23. The minimum atomic E-state index is 0. The molecule has 3 nitrogen and oxygen atoms in total. The van der Waals surface area contributed by atoms with Gasteiger partial charge in [0.05, 0.1) is 11.4 Å². The van der Waals surface area contributed by atoms with Crippen LogP contribution < -0.4 is 0 Å². The van der Waals surface area contributed by atoms with Crippen LogP contribution in [0.1, 0.15) is 0 Å². The first-order valence-electron chi connectivity index (χ1n) is 20.5. The average molecular weight is 1010 g/mol.